The monoisotopic (exact) mass is 372 g/mol. The molecule has 2 heterocycles. The van der Waals surface area contributed by atoms with Gasteiger partial charge in [0.25, 0.3) is 0 Å². The Morgan fingerprint density at radius 1 is 1.46 bits per heavy atom. The second-order valence-corrected chi connectivity index (χ2v) is 9.48. The van der Waals surface area contributed by atoms with Gasteiger partial charge in [-0.05, 0) is 36.1 Å². The molecule has 1 atom stereocenters. The standard InChI is InChI=1S/C16H28N4O2S2/c1-13(2)11-14-6-9-20(12-14)16(17-3)18-7-8-19-24(21,22)15-5-4-10-23-15/h4-5,10,13-14,19H,6-9,11-12H2,1-3H3,(H,17,18). The van der Waals surface area contributed by atoms with E-state index in [9.17, 15) is 8.42 Å². The molecule has 0 amide bonds. The van der Waals surface area contributed by atoms with Crippen LogP contribution in [-0.4, -0.2) is 52.5 Å². The van der Waals surface area contributed by atoms with Crippen LogP contribution in [0.2, 0.25) is 0 Å². The lowest BCUT2D eigenvalue weighted by Crippen LogP contribution is -2.43. The van der Waals surface area contributed by atoms with E-state index < -0.39 is 10.0 Å². The Balaban J connectivity index is 1.75. The molecule has 1 aliphatic heterocycles. The lowest BCUT2D eigenvalue weighted by molar-refractivity contribution is 0.404. The summed E-state index contributed by atoms with van der Waals surface area (Å²) in [5.74, 6) is 2.30. The number of thiophene rings is 1. The number of nitrogens with one attached hydrogen (secondary N) is 2. The van der Waals surface area contributed by atoms with Crippen LogP contribution < -0.4 is 10.0 Å². The van der Waals surface area contributed by atoms with Crippen molar-refractivity contribution in [3.63, 3.8) is 0 Å². The molecule has 8 heteroatoms. The average molecular weight is 373 g/mol. The molecule has 1 unspecified atom stereocenters. The van der Waals surface area contributed by atoms with E-state index in [4.69, 9.17) is 0 Å². The average Bonchev–Trinajstić information content (AvgIpc) is 3.18. The van der Waals surface area contributed by atoms with Crippen molar-refractivity contribution in [1.29, 1.82) is 0 Å². The van der Waals surface area contributed by atoms with Crippen LogP contribution in [0.15, 0.2) is 26.7 Å². The summed E-state index contributed by atoms with van der Waals surface area (Å²) in [5.41, 5.74) is 0. The Morgan fingerprint density at radius 3 is 2.88 bits per heavy atom. The van der Waals surface area contributed by atoms with Crippen molar-refractivity contribution in [2.75, 3.05) is 33.2 Å². The van der Waals surface area contributed by atoms with Crippen molar-refractivity contribution in [3.05, 3.63) is 17.5 Å². The Bertz CT molecular complexity index is 627. The molecule has 0 spiro atoms. The van der Waals surface area contributed by atoms with E-state index in [1.54, 1.807) is 24.6 Å². The van der Waals surface area contributed by atoms with Gasteiger partial charge in [-0.3, -0.25) is 4.99 Å². The molecule has 1 saturated heterocycles. The van der Waals surface area contributed by atoms with Crippen LogP contribution in [0.25, 0.3) is 0 Å². The van der Waals surface area contributed by atoms with E-state index in [0.29, 0.717) is 17.3 Å². The summed E-state index contributed by atoms with van der Waals surface area (Å²) in [6, 6.07) is 3.35. The number of guanidine groups is 1. The zero-order chi connectivity index (χ0) is 17.6. The number of nitrogens with zero attached hydrogens (tertiary/aromatic N) is 2. The normalized spacial score (nSPS) is 19.2. The van der Waals surface area contributed by atoms with E-state index in [1.165, 1.54) is 24.2 Å². The van der Waals surface area contributed by atoms with E-state index in [1.807, 2.05) is 0 Å². The Hall–Kier alpha value is -1.12. The maximum absolute atomic E-state index is 12.0. The van der Waals surface area contributed by atoms with Crippen LogP contribution >= 0.6 is 11.3 Å². The molecule has 0 saturated carbocycles. The summed E-state index contributed by atoms with van der Waals surface area (Å²) in [5, 5.41) is 5.02. The topological polar surface area (TPSA) is 73.8 Å². The molecular formula is C16H28N4O2S2. The molecule has 0 radical (unpaired) electrons. The van der Waals surface area contributed by atoms with E-state index >= 15 is 0 Å². The minimum atomic E-state index is -3.39. The number of sulfonamides is 1. The molecule has 6 nitrogen and oxygen atoms in total. The maximum Gasteiger partial charge on any atom is 0.250 e. The third-order valence-electron chi connectivity index (χ3n) is 4.06. The van der Waals surface area contributed by atoms with Crippen LogP contribution in [0, 0.1) is 11.8 Å². The fraction of sp³-hybridized carbons (Fsp3) is 0.688. The number of aliphatic imine (C=N–C) groups is 1. The summed E-state index contributed by atoms with van der Waals surface area (Å²) in [7, 11) is -1.62. The summed E-state index contributed by atoms with van der Waals surface area (Å²) < 4.78 is 27.0. The van der Waals surface area contributed by atoms with Gasteiger partial charge in [-0.15, -0.1) is 11.3 Å². The van der Waals surface area contributed by atoms with Crippen LogP contribution in [0.1, 0.15) is 26.7 Å². The zero-order valence-corrected chi connectivity index (χ0v) is 16.3. The number of hydrogen-bond acceptors (Lipinski definition) is 4. The predicted molar refractivity (Wildman–Crippen MR) is 100 cm³/mol. The minimum Gasteiger partial charge on any atom is -0.355 e. The van der Waals surface area contributed by atoms with Crippen molar-refractivity contribution >= 4 is 27.3 Å². The molecule has 0 bridgehead atoms. The molecule has 1 aromatic rings. The predicted octanol–water partition coefficient (Wildman–Crippen LogP) is 1.97. The van der Waals surface area contributed by atoms with Crippen LogP contribution in [0.4, 0.5) is 0 Å². The zero-order valence-electron chi connectivity index (χ0n) is 14.7. The molecule has 2 rings (SSSR count). The van der Waals surface area contributed by atoms with Crippen molar-refractivity contribution < 1.29 is 8.42 Å². The first-order chi connectivity index (χ1) is 11.4. The second kappa shape index (κ2) is 8.82. The molecule has 2 N–H and O–H groups in total. The molecule has 136 valence electrons. The van der Waals surface area contributed by atoms with E-state index in [0.717, 1.165) is 30.9 Å². The third-order valence-corrected chi connectivity index (χ3v) is 6.92. The summed E-state index contributed by atoms with van der Waals surface area (Å²) >= 11 is 1.22. The van der Waals surface area contributed by atoms with Gasteiger partial charge in [0, 0.05) is 33.2 Å². The van der Waals surface area contributed by atoms with Gasteiger partial charge in [-0.1, -0.05) is 19.9 Å². The van der Waals surface area contributed by atoms with Crippen LogP contribution in [-0.2, 0) is 10.0 Å². The van der Waals surface area contributed by atoms with E-state index in [2.05, 4.69) is 33.8 Å². The van der Waals surface area contributed by atoms with Crippen molar-refractivity contribution in [2.45, 2.75) is 30.9 Å². The lowest BCUT2D eigenvalue weighted by atomic mass is 9.97. The van der Waals surface area contributed by atoms with Crippen LogP contribution in [0.5, 0.6) is 0 Å². The minimum absolute atomic E-state index is 0.336. The third kappa shape index (κ3) is 5.46. The van der Waals surface area contributed by atoms with Crippen molar-refractivity contribution in [2.24, 2.45) is 16.8 Å². The SMILES string of the molecule is CN=C(NCCNS(=O)(=O)c1cccs1)N1CCC(CC(C)C)C1. The molecule has 0 aromatic carbocycles. The highest BCUT2D eigenvalue weighted by Crippen LogP contribution is 2.23. The van der Waals surface area contributed by atoms with Crippen molar-refractivity contribution in [1.82, 2.24) is 14.9 Å². The van der Waals surface area contributed by atoms with Gasteiger partial charge >= 0.3 is 0 Å². The maximum atomic E-state index is 12.0. The first-order valence-corrected chi connectivity index (χ1v) is 10.8. The van der Waals surface area contributed by atoms with Gasteiger partial charge in [-0.25, -0.2) is 13.1 Å². The van der Waals surface area contributed by atoms with Gasteiger partial charge in [-0.2, -0.15) is 0 Å². The quantitative estimate of drug-likeness (QED) is 0.436. The Labute approximate surface area is 149 Å². The van der Waals surface area contributed by atoms with Gasteiger partial charge in [0.1, 0.15) is 4.21 Å². The summed E-state index contributed by atoms with van der Waals surface area (Å²) in [6.07, 6.45) is 2.44. The number of hydrogen-bond donors (Lipinski definition) is 2. The van der Waals surface area contributed by atoms with E-state index in [-0.39, 0.29) is 0 Å². The first-order valence-electron chi connectivity index (χ1n) is 8.41. The fourth-order valence-corrected chi connectivity index (χ4v) is 5.13. The van der Waals surface area contributed by atoms with Gasteiger partial charge in [0.05, 0.1) is 0 Å². The van der Waals surface area contributed by atoms with Gasteiger partial charge in [0.15, 0.2) is 5.96 Å². The fourth-order valence-electron chi connectivity index (χ4n) is 3.06. The summed E-state index contributed by atoms with van der Waals surface area (Å²) in [6.45, 7) is 7.41. The Kier molecular flexibility index (Phi) is 7.06. The lowest BCUT2D eigenvalue weighted by Gasteiger charge is -2.22. The molecule has 1 aliphatic rings. The summed E-state index contributed by atoms with van der Waals surface area (Å²) in [4.78, 5) is 6.59. The molecular weight excluding hydrogens is 344 g/mol. The molecule has 24 heavy (non-hydrogen) atoms. The van der Waals surface area contributed by atoms with Crippen molar-refractivity contribution in [3.8, 4) is 0 Å². The molecule has 1 fully saturated rings. The largest absolute Gasteiger partial charge is 0.355 e. The smallest absolute Gasteiger partial charge is 0.250 e. The number of rotatable bonds is 7. The van der Waals surface area contributed by atoms with Gasteiger partial charge < -0.3 is 10.2 Å². The molecule has 0 aliphatic carbocycles. The number of likely N-dealkylation sites (tertiary alicyclic amines) is 1. The second-order valence-electron chi connectivity index (χ2n) is 6.53. The highest BCUT2D eigenvalue weighted by molar-refractivity contribution is 7.91. The highest BCUT2D eigenvalue weighted by atomic mass is 32.2. The Morgan fingerprint density at radius 2 is 2.25 bits per heavy atom. The van der Waals surface area contributed by atoms with Gasteiger partial charge in [0.2, 0.25) is 10.0 Å². The highest BCUT2D eigenvalue weighted by Gasteiger charge is 2.25. The molecule has 1 aromatic heterocycles. The first kappa shape index (κ1) is 19.2. The van der Waals surface area contributed by atoms with Crippen LogP contribution in [0.3, 0.4) is 0 Å².